The standard InChI is InChI=1S/C27H34N6OS/c1-34-22-13-11-19(12-14-22)24-25(35-27(33-24)31-21-9-5-16-28-17-6-10-21)23-15-18-29-26(32-23)30-20-7-3-2-4-8-20/h11-16,18,20-21H,2-10,17H2,1H3,(H,31,33)(H,29,30,32). The Morgan fingerprint density at radius 3 is 2.51 bits per heavy atom. The summed E-state index contributed by atoms with van der Waals surface area (Å²) < 4.78 is 5.37. The van der Waals surface area contributed by atoms with Crippen LogP contribution >= 0.6 is 11.3 Å². The maximum atomic E-state index is 5.37. The molecule has 1 aliphatic carbocycles. The van der Waals surface area contributed by atoms with Gasteiger partial charge in [0.05, 0.1) is 23.4 Å². The molecule has 184 valence electrons. The molecule has 0 saturated heterocycles. The Morgan fingerprint density at radius 1 is 0.886 bits per heavy atom. The van der Waals surface area contributed by atoms with E-state index in [1.165, 1.54) is 32.1 Å². The molecule has 1 fully saturated rings. The highest BCUT2D eigenvalue weighted by Crippen LogP contribution is 2.39. The van der Waals surface area contributed by atoms with Gasteiger partial charge in [-0.25, -0.2) is 15.0 Å². The third kappa shape index (κ3) is 6.17. The Labute approximate surface area is 211 Å². The van der Waals surface area contributed by atoms with Crippen molar-refractivity contribution in [1.82, 2.24) is 15.0 Å². The van der Waals surface area contributed by atoms with Crippen molar-refractivity contribution in [3.63, 3.8) is 0 Å². The number of hydrogen-bond donors (Lipinski definition) is 2. The number of benzene rings is 1. The molecule has 0 spiro atoms. The van der Waals surface area contributed by atoms with Crippen molar-refractivity contribution < 1.29 is 4.74 Å². The van der Waals surface area contributed by atoms with Crippen LogP contribution in [0, 0.1) is 0 Å². The van der Waals surface area contributed by atoms with Crippen LogP contribution in [0.25, 0.3) is 21.8 Å². The quantitative estimate of drug-likeness (QED) is 0.396. The molecule has 2 N–H and O–H groups in total. The minimum absolute atomic E-state index is 0.401. The summed E-state index contributed by atoms with van der Waals surface area (Å²) in [5, 5.41) is 8.22. The van der Waals surface area contributed by atoms with Crippen LogP contribution in [0.1, 0.15) is 57.8 Å². The van der Waals surface area contributed by atoms with Gasteiger partial charge in [-0.15, -0.1) is 0 Å². The van der Waals surface area contributed by atoms with Crippen LogP contribution in [0.15, 0.2) is 41.5 Å². The molecule has 2 aromatic heterocycles. The molecule has 8 heteroatoms. The fourth-order valence-electron chi connectivity index (χ4n) is 4.83. The summed E-state index contributed by atoms with van der Waals surface area (Å²) in [6.07, 6.45) is 14.4. The Morgan fingerprint density at radius 2 is 1.69 bits per heavy atom. The van der Waals surface area contributed by atoms with E-state index in [0.717, 1.165) is 64.9 Å². The van der Waals surface area contributed by atoms with E-state index in [0.29, 0.717) is 18.0 Å². The Kier molecular flexibility index (Phi) is 7.88. The maximum absolute atomic E-state index is 5.37. The number of methoxy groups -OCH3 is 1. The van der Waals surface area contributed by atoms with Crippen molar-refractivity contribution in [3.05, 3.63) is 36.5 Å². The molecule has 1 unspecified atom stereocenters. The summed E-state index contributed by atoms with van der Waals surface area (Å²) in [7, 11) is 1.69. The van der Waals surface area contributed by atoms with Crippen molar-refractivity contribution in [2.45, 2.75) is 69.9 Å². The van der Waals surface area contributed by atoms with Crippen LogP contribution in [0.5, 0.6) is 5.75 Å². The lowest BCUT2D eigenvalue weighted by Crippen LogP contribution is -2.23. The highest BCUT2D eigenvalue weighted by Gasteiger charge is 2.20. The average molecular weight is 491 g/mol. The highest BCUT2D eigenvalue weighted by atomic mass is 32.1. The third-order valence-electron chi connectivity index (χ3n) is 6.76. The highest BCUT2D eigenvalue weighted by molar-refractivity contribution is 7.19. The van der Waals surface area contributed by atoms with Gasteiger partial charge in [-0.2, -0.15) is 0 Å². The first-order chi connectivity index (χ1) is 17.3. The van der Waals surface area contributed by atoms with Crippen molar-refractivity contribution in [3.8, 4) is 27.6 Å². The van der Waals surface area contributed by atoms with Gasteiger partial charge in [0, 0.05) is 30.4 Å². The molecule has 7 nitrogen and oxygen atoms in total. The van der Waals surface area contributed by atoms with Gasteiger partial charge in [-0.1, -0.05) is 30.6 Å². The van der Waals surface area contributed by atoms with E-state index in [9.17, 15) is 0 Å². The van der Waals surface area contributed by atoms with Gasteiger partial charge >= 0.3 is 0 Å². The number of anilines is 2. The topological polar surface area (TPSA) is 84.3 Å². The number of rotatable bonds is 7. The number of aliphatic imine (C=N–C) groups is 1. The fraction of sp³-hybridized carbons (Fsp3) is 0.481. The minimum Gasteiger partial charge on any atom is -0.497 e. The lowest BCUT2D eigenvalue weighted by atomic mass is 9.96. The summed E-state index contributed by atoms with van der Waals surface area (Å²) in [4.78, 5) is 20.0. The van der Waals surface area contributed by atoms with Gasteiger partial charge in [-0.05, 0) is 75.1 Å². The first kappa shape index (κ1) is 23.7. The molecule has 1 saturated carbocycles. The normalized spacial score (nSPS) is 19.1. The third-order valence-corrected chi connectivity index (χ3v) is 7.77. The average Bonchev–Trinajstić information content (AvgIpc) is 3.30. The molecule has 0 bridgehead atoms. The zero-order valence-corrected chi connectivity index (χ0v) is 21.2. The lowest BCUT2D eigenvalue weighted by Gasteiger charge is -2.22. The Bertz CT molecular complexity index is 1120. The van der Waals surface area contributed by atoms with Gasteiger partial charge in [0.2, 0.25) is 5.95 Å². The molecular weight excluding hydrogens is 456 g/mol. The molecule has 1 aliphatic heterocycles. The first-order valence-electron chi connectivity index (χ1n) is 12.8. The first-order valence-corrected chi connectivity index (χ1v) is 13.6. The van der Waals surface area contributed by atoms with Crippen LogP contribution in [0.2, 0.25) is 0 Å². The Hall–Kier alpha value is -3.00. The zero-order valence-electron chi connectivity index (χ0n) is 20.4. The summed E-state index contributed by atoms with van der Waals surface area (Å²) in [6.45, 7) is 0.913. The number of ether oxygens (including phenoxy) is 1. The van der Waals surface area contributed by atoms with E-state index in [1.807, 2.05) is 24.4 Å². The van der Waals surface area contributed by atoms with Gasteiger partial charge < -0.3 is 15.4 Å². The number of nitrogens with one attached hydrogen (secondary N) is 2. The summed E-state index contributed by atoms with van der Waals surface area (Å²) in [5.74, 6) is 1.54. The predicted molar refractivity (Wildman–Crippen MR) is 145 cm³/mol. The fourth-order valence-corrected chi connectivity index (χ4v) is 5.87. The van der Waals surface area contributed by atoms with Crippen molar-refractivity contribution in [2.75, 3.05) is 24.3 Å². The van der Waals surface area contributed by atoms with Gasteiger partial charge in [0.25, 0.3) is 0 Å². The van der Waals surface area contributed by atoms with Crippen molar-refractivity contribution in [1.29, 1.82) is 0 Å². The van der Waals surface area contributed by atoms with Crippen LogP contribution in [-0.2, 0) is 0 Å². The van der Waals surface area contributed by atoms with Crippen molar-refractivity contribution >= 4 is 28.6 Å². The molecule has 2 aliphatic rings. The summed E-state index contributed by atoms with van der Waals surface area (Å²) in [5.41, 5.74) is 2.89. The van der Waals surface area contributed by atoms with E-state index in [4.69, 9.17) is 14.7 Å². The second-order valence-corrected chi connectivity index (χ2v) is 10.3. The summed E-state index contributed by atoms with van der Waals surface area (Å²) in [6, 6.07) is 10.9. The lowest BCUT2D eigenvalue weighted by molar-refractivity contribution is 0.415. The zero-order chi connectivity index (χ0) is 23.9. The van der Waals surface area contributed by atoms with Gasteiger partial charge in [0.15, 0.2) is 5.13 Å². The second kappa shape index (κ2) is 11.6. The van der Waals surface area contributed by atoms with E-state index in [-0.39, 0.29) is 0 Å². The van der Waals surface area contributed by atoms with E-state index < -0.39 is 0 Å². The molecule has 3 aromatic rings. The number of hydrogen-bond acceptors (Lipinski definition) is 8. The number of aromatic nitrogens is 3. The minimum atomic E-state index is 0.401. The SMILES string of the molecule is COc1ccc(-c2nc(NC3CCC=NCCC3)sc2-c2ccnc(NC3CCCCC3)n2)cc1. The molecule has 0 radical (unpaired) electrons. The smallest absolute Gasteiger partial charge is 0.223 e. The van der Waals surface area contributed by atoms with Crippen LogP contribution in [0.3, 0.4) is 0 Å². The molecule has 1 aromatic carbocycles. The second-order valence-electron chi connectivity index (χ2n) is 9.32. The molecule has 0 amide bonds. The molecule has 5 rings (SSSR count). The maximum Gasteiger partial charge on any atom is 0.223 e. The molecule has 35 heavy (non-hydrogen) atoms. The number of thiazole rings is 1. The Balaban J connectivity index is 1.44. The predicted octanol–water partition coefficient (Wildman–Crippen LogP) is 6.45. The molecular formula is C27H34N6OS. The molecule has 1 atom stereocenters. The van der Waals surface area contributed by atoms with E-state index >= 15 is 0 Å². The van der Waals surface area contributed by atoms with E-state index in [2.05, 4.69) is 39.0 Å². The van der Waals surface area contributed by atoms with Gasteiger partial charge in [0.1, 0.15) is 5.75 Å². The van der Waals surface area contributed by atoms with Gasteiger partial charge in [-0.3, -0.25) is 4.99 Å². The largest absolute Gasteiger partial charge is 0.497 e. The van der Waals surface area contributed by atoms with Crippen LogP contribution in [0.4, 0.5) is 11.1 Å². The number of nitrogens with zero attached hydrogens (tertiary/aromatic N) is 4. The molecule has 3 heterocycles. The van der Waals surface area contributed by atoms with E-state index in [1.54, 1.807) is 18.4 Å². The van der Waals surface area contributed by atoms with Crippen LogP contribution in [-0.4, -0.2) is 46.9 Å². The van der Waals surface area contributed by atoms with Crippen molar-refractivity contribution in [2.24, 2.45) is 4.99 Å². The summed E-state index contributed by atoms with van der Waals surface area (Å²) >= 11 is 1.67. The van der Waals surface area contributed by atoms with Crippen LogP contribution < -0.4 is 15.4 Å². The monoisotopic (exact) mass is 490 g/mol.